The molecule has 0 radical (unpaired) electrons. The Morgan fingerprint density at radius 2 is 1.76 bits per heavy atom. The van der Waals surface area contributed by atoms with Crippen molar-refractivity contribution in [1.82, 2.24) is 0 Å². The lowest BCUT2D eigenvalue weighted by Gasteiger charge is -2.26. The Morgan fingerprint density at radius 1 is 1.18 bits per heavy atom. The average Bonchev–Trinajstić information content (AvgIpc) is 2.39. The standard InChI is InChI=1S/C15H18ClF/c1-11-2-4-12(5-3-11)13-6-8-14(9-7-13)15(17)10-16/h6-12H,2-5H2,1H3/b15-10-. The van der Waals surface area contributed by atoms with E-state index in [0.717, 1.165) is 11.5 Å². The minimum atomic E-state index is -0.365. The van der Waals surface area contributed by atoms with Crippen molar-refractivity contribution in [3.63, 3.8) is 0 Å². The molecule has 0 aliphatic heterocycles. The average molecular weight is 253 g/mol. The van der Waals surface area contributed by atoms with Crippen LogP contribution >= 0.6 is 11.6 Å². The molecule has 0 unspecified atom stereocenters. The van der Waals surface area contributed by atoms with Crippen LogP contribution in [0, 0.1) is 5.92 Å². The Bertz CT molecular complexity index is 386. The maximum Gasteiger partial charge on any atom is 0.141 e. The third-order valence-electron chi connectivity index (χ3n) is 3.77. The van der Waals surface area contributed by atoms with Crippen molar-refractivity contribution in [1.29, 1.82) is 0 Å². The van der Waals surface area contributed by atoms with Gasteiger partial charge in [0.25, 0.3) is 0 Å². The van der Waals surface area contributed by atoms with Crippen LogP contribution in [-0.4, -0.2) is 0 Å². The minimum absolute atomic E-state index is 0.365. The number of benzene rings is 1. The van der Waals surface area contributed by atoms with Crippen LogP contribution in [0.15, 0.2) is 29.8 Å². The molecule has 1 saturated carbocycles. The predicted molar refractivity (Wildman–Crippen MR) is 71.8 cm³/mol. The summed E-state index contributed by atoms with van der Waals surface area (Å²) in [5.74, 6) is 1.15. The van der Waals surface area contributed by atoms with Gasteiger partial charge in [-0.05, 0) is 30.2 Å². The molecule has 0 saturated heterocycles. The Kier molecular flexibility index (Phi) is 4.22. The minimum Gasteiger partial charge on any atom is -0.205 e. The van der Waals surface area contributed by atoms with Gasteiger partial charge in [0.15, 0.2) is 0 Å². The number of halogens is 2. The zero-order valence-electron chi connectivity index (χ0n) is 10.1. The SMILES string of the molecule is CC1CCC(c2ccc(/C(F)=C/Cl)cc2)CC1. The Labute approximate surface area is 107 Å². The van der Waals surface area contributed by atoms with E-state index in [4.69, 9.17) is 11.6 Å². The van der Waals surface area contributed by atoms with E-state index in [1.807, 2.05) is 24.3 Å². The number of rotatable bonds is 2. The van der Waals surface area contributed by atoms with Crippen molar-refractivity contribution < 1.29 is 4.39 Å². The summed E-state index contributed by atoms with van der Waals surface area (Å²) >= 11 is 5.35. The quantitative estimate of drug-likeness (QED) is 0.653. The summed E-state index contributed by atoms with van der Waals surface area (Å²) < 4.78 is 13.2. The van der Waals surface area contributed by atoms with Gasteiger partial charge in [-0.3, -0.25) is 0 Å². The molecular weight excluding hydrogens is 235 g/mol. The third kappa shape index (κ3) is 3.10. The monoisotopic (exact) mass is 252 g/mol. The smallest absolute Gasteiger partial charge is 0.141 e. The summed E-state index contributed by atoms with van der Waals surface area (Å²) in [6, 6.07) is 7.72. The zero-order valence-corrected chi connectivity index (χ0v) is 10.9. The molecule has 17 heavy (non-hydrogen) atoms. The Balaban J connectivity index is 2.08. The third-order valence-corrected chi connectivity index (χ3v) is 3.96. The largest absolute Gasteiger partial charge is 0.205 e. The predicted octanol–water partition coefficient (Wildman–Crippen LogP) is 5.49. The first-order valence-corrected chi connectivity index (χ1v) is 6.70. The highest BCUT2D eigenvalue weighted by Crippen LogP contribution is 2.35. The van der Waals surface area contributed by atoms with Crippen LogP contribution in [0.2, 0.25) is 0 Å². The van der Waals surface area contributed by atoms with Crippen LogP contribution < -0.4 is 0 Å². The second-order valence-electron chi connectivity index (χ2n) is 5.04. The van der Waals surface area contributed by atoms with Gasteiger partial charge in [0.1, 0.15) is 5.83 Å². The molecule has 2 heteroatoms. The number of hydrogen-bond donors (Lipinski definition) is 0. The highest BCUT2D eigenvalue weighted by molar-refractivity contribution is 6.27. The molecule has 0 bridgehead atoms. The van der Waals surface area contributed by atoms with Crippen molar-refractivity contribution in [2.45, 2.75) is 38.5 Å². The lowest BCUT2D eigenvalue weighted by Crippen LogP contribution is -2.10. The molecule has 1 aromatic rings. The van der Waals surface area contributed by atoms with Gasteiger partial charge in [-0.1, -0.05) is 55.6 Å². The molecule has 0 amide bonds. The molecule has 0 N–H and O–H groups in total. The van der Waals surface area contributed by atoms with Crippen LogP contribution in [0.3, 0.4) is 0 Å². The molecular formula is C15H18ClF. The van der Waals surface area contributed by atoms with E-state index in [-0.39, 0.29) is 5.83 Å². The van der Waals surface area contributed by atoms with Crippen molar-refractivity contribution in [2.75, 3.05) is 0 Å². The van der Waals surface area contributed by atoms with Crippen molar-refractivity contribution in [3.05, 3.63) is 40.9 Å². The second-order valence-corrected chi connectivity index (χ2v) is 5.25. The first kappa shape index (κ1) is 12.6. The lowest BCUT2D eigenvalue weighted by molar-refractivity contribution is 0.348. The molecule has 1 aromatic carbocycles. The van der Waals surface area contributed by atoms with Crippen LogP contribution in [0.5, 0.6) is 0 Å². The highest BCUT2D eigenvalue weighted by Gasteiger charge is 2.19. The van der Waals surface area contributed by atoms with Gasteiger partial charge in [0.2, 0.25) is 0 Å². The lowest BCUT2D eigenvalue weighted by atomic mass is 9.79. The fraction of sp³-hybridized carbons (Fsp3) is 0.467. The van der Waals surface area contributed by atoms with Crippen molar-refractivity contribution in [2.24, 2.45) is 5.92 Å². The fourth-order valence-corrected chi connectivity index (χ4v) is 2.70. The van der Waals surface area contributed by atoms with Crippen molar-refractivity contribution >= 4 is 17.4 Å². The van der Waals surface area contributed by atoms with Gasteiger partial charge in [0, 0.05) is 11.1 Å². The molecule has 92 valence electrons. The van der Waals surface area contributed by atoms with Gasteiger partial charge in [-0.15, -0.1) is 0 Å². The van der Waals surface area contributed by atoms with E-state index < -0.39 is 0 Å². The first-order valence-electron chi connectivity index (χ1n) is 6.27. The fourth-order valence-electron chi connectivity index (χ4n) is 2.57. The van der Waals surface area contributed by atoms with Crippen LogP contribution in [0.25, 0.3) is 5.83 Å². The first-order chi connectivity index (χ1) is 8.20. The topological polar surface area (TPSA) is 0 Å². The molecule has 1 aliphatic rings. The summed E-state index contributed by atoms with van der Waals surface area (Å²) in [4.78, 5) is 0. The van der Waals surface area contributed by atoms with Gasteiger partial charge >= 0.3 is 0 Å². The van der Waals surface area contributed by atoms with Gasteiger partial charge in [-0.25, -0.2) is 4.39 Å². The van der Waals surface area contributed by atoms with E-state index in [9.17, 15) is 4.39 Å². The molecule has 0 aromatic heterocycles. The molecule has 1 fully saturated rings. The molecule has 1 aliphatic carbocycles. The summed E-state index contributed by atoms with van der Waals surface area (Å²) in [5, 5.41) is 0. The maximum absolute atomic E-state index is 13.2. The van der Waals surface area contributed by atoms with Crippen LogP contribution in [0.4, 0.5) is 4.39 Å². The van der Waals surface area contributed by atoms with Crippen molar-refractivity contribution in [3.8, 4) is 0 Å². The van der Waals surface area contributed by atoms with E-state index in [1.165, 1.54) is 31.2 Å². The zero-order chi connectivity index (χ0) is 12.3. The van der Waals surface area contributed by atoms with E-state index in [2.05, 4.69) is 6.92 Å². The summed E-state index contributed by atoms with van der Waals surface area (Å²) in [7, 11) is 0. The number of hydrogen-bond acceptors (Lipinski definition) is 0. The molecule has 0 spiro atoms. The highest BCUT2D eigenvalue weighted by atomic mass is 35.5. The molecule has 2 rings (SSSR count). The Hall–Kier alpha value is -0.820. The second kappa shape index (κ2) is 5.68. The summed E-state index contributed by atoms with van der Waals surface area (Å²) in [6.45, 7) is 2.32. The van der Waals surface area contributed by atoms with Crippen LogP contribution in [-0.2, 0) is 0 Å². The molecule has 0 atom stereocenters. The summed E-state index contributed by atoms with van der Waals surface area (Å²) in [6.07, 6.45) is 5.13. The maximum atomic E-state index is 13.2. The van der Waals surface area contributed by atoms with E-state index in [1.54, 1.807) is 0 Å². The summed E-state index contributed by atoms with van der Waals surface area (Å²) in [5.41, 5.74) is 2.88. The molecule has 0 nitrogen and oxygen atoms in total. The normalized spacial score (nSPS) is 25.9. The van der Waals surface area contributed by atoms with Gasteiger partial charge in [-0.2, -0.15) is 0 Å². The van der Waals surface area contributed by atoms with E-state index in [0.29, 0.717) is 11.5 Å². The van der Waals surface area contributed by atoms with E-state index >= 15 is 0 Å². The molecule has 0 heterocycles. The van der Waals surface area contributed by atoms with Gasteiger partial charge in [0.05, 0.1) is 0 Å². The Morgan fingerprint density at radius 3 is 2.29 bits per heavy atom. The van der Waals surface area contributed by atoms with Gasteiger partial charge < -0.3 is 0 Å². The van der Waals surface area contributed by atoms with Crippen LogP contribution in [0.1, 0.15) is 49.7 Å².